The summed E-state index contributed by atoms with van der Waals surface area (Å²) in [6, 6.07) is 18.2. The summed E-state index contributed by atoms with van der Waals surface area (Å²) in [7, 11) is 1.38. The van der Waals surface area contributed by atoms with E-state index in [2.05, 4.69) is 54.1 Å². The highest BCUT2D eigenvalue weighted by Gasteiger charge is 2.28. The number of esters is 1. The zero-order valence-corrected chi connectivity index (χ0v) is 25.7. The van der Waals surface area contributed by atoms with Crippen molar-refractivity contribution in [1.29, 1.82) is 5.26 Å². The summed E-state index contributed by atoms with van der Waals surface area (Å²) in [5.41, 5.74) is 3.81. The number of amides is 1. The predicted molar refractivity (Wildman–Crippen MR) is 167 cm³/mol. The van der Waals surface area contributed by atoms with Gasteiger partial charge in [-0.05, 0) is 80.3 Å². The number of benzene rings is 3. The Morgan fingerprint density at radius 1 is 1.07 bits per heavy atom. The van der Waals surface area contributed by atoms with E-state index in [1.807, 2.05) is 45.0 Å². The number of hydrogen-bond acceptors (Lipinski definition) is 7. The molecule has 0 spiro atoms. The van der Waals surface area contributed by atoms with Crippen LogP contribution in [0.1, 0.15) is 80.7 Å². The second-order valence-corrected chi connectivity index (χ2v) is 12.5. The number of imidazole rings is 1. The number of piperidine rings is 1. The maximum absolute atomic E-state index is 13.0. The van der Waals surface area contributed by atoms with Crippen molar-refractivity contribution in [3.05, 3.63) is 71.0 Å². The third-order valence-electron chi connectivity index (χ3n) is 7.70. The summed E-state index contributed by atoms with van der Waals surface area (Å²) < 4.78 is 12.9. The van der Waals surface area contributed by atoms with Gasteiger partial charge in [0.15, 0.2) is 0 Å². The van der Waals surface area contributed by atoms with Crippen LogP contribution in [-0.4, -0.2) is 58.4 Å². The van der Waals surface area contributed by atoms with Gasteiger partial charge in [0.25, 0.3) is 0 Å². The molecule has 1 aliphatic rings. The summed E-state index contributed by atoms with van der Waals surface area (Å²) >= 11 is 0. The van der Waals surface area contributed by atoms with E-state index in [4.69, 9.17) is 14.5 Å². The van der Waals surface area contributed by atoms with Gasteiger partial charge in [-0.1, -0.05) is 32.0 Å². The molecule has 1 saturated heterocycles. The number of anilines is 1. The average molecular weight is 582 g/mol. The van der Waals surface area contributed by atoms with E-state index in [1.165, 1.54) is 7.11 Å². The lowest BCUT2D eigenvalue weighted by Crippen LogP contribution is -2.44. The first-order chi connectivity index (χ1) is 20.5. The molecule has 4 aromatic rings. The standard InChI is InChI=1S/C34H39N5O4/c1-21(2)31-37-30-28(32(40)42-6)17-27(36-26-11-13-38(14-12-26)33(41)43-34(3,4)5)18-29(30)39(31)20-23-8-10-24-9-7-22(19-35)15-25(24)16-23/h7-10,15-18,21,26,36H,11-14,20H2,1-6H3. The first kappa shape index (κ1) is 29.9. The zero-order chi connectivity index (χ0) is 30.9. The molecule has 5 rings (SSSR count). The van der Waals surface area contributed by atoms with E-state index >= 15 is 0 Å². The van der Waals surface area contributed by atoms with Crippen molar-refractivity contribution in [1.82, 2.24) is 14.5 Å². The van der Waals surface area contributed by atoms with Crippen LogP contribution in [0, 0.1) is 11.3 Å². The van der Waals surface area contributed by atoms with Crippen molar-refractivity contribution < 1.29 is 19.1 Å². The molecule has 9 heteroatoms. The maximum atomic E-state index is 13.0. The number of aromatic nitrogens is 2. The summed E-state index contributed by atoms with van der Waals surface area (Å²) in [6.07, 6.45) is 1.22. The molecule has 2 heterocycles. The normalized spacial score (nSPS) is 14.2. The zero-order valence-electron chi connectivity index (χ0n) is 25.7. The first-order valence-electron chi connectivity index (χ1n) is 14.8. The monoisotopic (exact) mass is 581 g/mol. The number of carbonyl (C=O) groups excluding carboxylic acids is 2. The minimum Gasteiger partial charge on any atom is -0.465 e. The van der Waals surface area contributed by atoms with Crippen molar-refractivity contribution >= 4 is 39.6 Å². The number of nitrogens with one attached hydrogen (secondary N) is 1. The molecule has 0 saturated carbocycles. The van der Waals surface area contributed by atoms with Gasteiger partial charge in [-0.25, -0.2) is 14.6 Å². The molecular weight excluding hydrogens is 542 g/mol. The molecule has 3 aromatic carbocycles. The Bertz CT molecular complexity index is 1720. The van der Waals surface area contributed by atoms with Crippen LogP contribution in [0.4, 0.5) is 10.5 Å². The van der Waals surface area contributed by atoms with Crippen molar-refractivity contribution in [2.75, 3.05) is 25.5 Å². The fraction of sp³-hybridized carbons (Fsp3) is 0.412. The number of hydrogen-bond donors (Lipinski definition) is 1. The van der Waals surface area contributed by atoms with Crippen molar-refractivity contribution in [3.63, 3.8) is 0 Å². The largest absolute Gasteiger partial charge is 0.465 e. The van der Waals surface area contributed by atoms with Gasteiger partial charge in [0, 0.05) is 37.3 Å². The Morgan fingerprint density at radius 2 is 1.79 bits per heavy atom. The van der Waals surface area contributed by atoms with Crippen molar-refractivity contribution in [2.24, 2.45) is 0 Å². The summed E-state index contributed by atoms with van der Waals surface area (Å²) in [4.78, 5) is 32.2. The molecule has 0 bridgehead atoms. The highest BCUT2D eigenvalue weighted by Crippen LogP contribution is 2.31. The molecule has 224 valence electrons. The fourth-order valence-corrected chi connectivity index (χ4v) is 5.61. The highest BCUT2D eigenvalue weighted by molar-refractivity contribution is 6.04. The van der Waals surface area contributed by atoms with Crippen molar-refractivity contribution in [3.8, 4) is 6.07 Å². The topological polar surface area (TPSA) is 109 Å². The smallest absolute Gasteiger partial charge is 0.410 e. The molecule has 1 amide bonds. The minimum absolute atomic E-state index is 0.108. The molecule has 1 aromatic heterocycles. The molecule has 0 unspecified atom stereocenters. The average Bonchev–Trinajstić information content (AvgIpc) is 3.33. The fourth-order valence-electron chi connectivity index (χ4n) is 5.61. The van der Waals surface area contributed by atoms with E-state index in [0.717, 1.165) is 46.2 Å². The Labute approximate surface area is 252 Å². The van der Waals surface area contributed by atoms with Gasteiger partial charge in [0.2, 0.25) is 0 Å². The SMILES string of the molecule is COC(=O)c1cc(NC2CCN(C(=O)OC(C)(C)C)CC2)cc2c1nc(C(C)C)n2Cc1ccc2ccc(C#N)cc2c1. The van der Waals surface area contributed by atoms with Crippen LogP contribution in [0.3, 0.4) is 0 Å². The number of methoxy groups -OCH3 is 1. The number of carbonyl (C=O) groups is 2. The van der Waals surface area contributed by atoms with Gasteiger partial charge in [-0.2, -0.15) is 5.26 Å². The molecule has 0 atom stereocenters. The molecule has 0 radical (unpaired) electrons. The number of rotatable bonds is 6. The van der Waals surface area contributed by atoms with Crippen molar-refractivity contribution in [2.45, 2.75) is 71.6 Å². The molecule has 1 N–H and O–H groups in total. The number of likely N-dealkylation sites (tertiary alicyclic amines) is 1. The third kappa shape index (κ3) is 6.59. The lowest BCUT2D eigenvalue weighted by atomic mass is 10.0. The number of ether oxygens (including phenoxy) is 2. The lowest BCUT2D eigenvalue weighted by Gasteiger charge is -2.34. The lowest BCUT2D eigenvalue weighted by molar-refractivity contribution is 0.0210. The molecule has 1 fully saturated rings. The highest BCUT2D eigenvalue weighted by atomic mass is 16.6. The summed E-state index contributed by atoms with van der Waals surface area (Å²) in [5.74, 6) is 0.536. The Balaban J connectivity index is 1.47. The Morgan fingerprint density at radius 3 is 2.44 bits per heavy atom. The number of fused-ring (bicyclic) bond motifs is 2. The van der Waals surface area contributed by atoms with E-state index in [1.54, 1.807) is 4.90 Å². The van der Waals surface area contributed by atoms with E-state index in [-0.39, 0.29) is 18.1 Å². The predicted octanol–water partition coefficient (Wildman–Crippen LogP) is 6.83. The second kappa shape index (κ2) is 12.0. The Kier molecular flexibility index (Phi) is 8.32. The van der Waals surface area contributed by atoms with Gasteiger partial charge >= 0.3 is 12.1 Å². The maximum Gasteiger partial charge on any atom is 0.410 e. The van der Waals surface area contributed by atoms with Crippen LogP contribution in [0.15, 0.2) is 48.5 Å². The molecule has 9 nitrogen and oxygen atoms in total. The summed E-state index contributed by atoms with van der Waals surface area (Å²) in [6.45, 7) is 11.5. The second-order valence-electron chi connectivity index (χ2n) is 12.5. The van der Waals surface area contributed by atoms with Gasteiger partial charge < -0.3 is 24.3 Å². The van der Waals surface area contributed by atoms with Crippen LogP contribution < -0.4 is 5.32 Å². The van der Waals surface area contributed by atoms with Gasteiger partial charge in [0.1, 0.15) is 16.9 Å². The van der Waals surface area contributed by atoms with E-state index in [9.17, 15) is 14.9 Å². The molecule has 0 aliphatic carbocycles. The van der Waals surface area contributed by atoms with Crippen LogP contribution in [0.25, 0.3) is 21.8 Å². The van der Waals surface area contributed by atoms with Gasteiger partial charge in [0.05, 0.1) is 29.8 Å². The van der Waals surface area contributed by atoms with E-state index < -0.39 is 11.6 Å². The Hall–Kier alpha value is -4.58. The van der Waals surface area contributed by atoms with Crippen LogP contribution in [-0.2, 0) is 16.0 Å². The van der Waals surface area contributed by atoms with Crippen LogP contribution in [0.5, 0.6) is 0 Å². The first-order valence-corrected chi connectivity index (χ1v) is 14.8. The summed E-state index contributed by atoms with van der Waals surface area (Å²) in [5, 5.41) is 15.1. The molecule has 43 heavy (non-hydrogen) atoms. The van der Waals surface area contributed by atoms with Crippen LogP contribution >= 0.6 is 0 Å². The minimum atomic E-state index is -0.532. The molecule has 1 aliphatic heterocycles. The molecular formula is C34H39N5O4. The third-order valence-corrected chi connectivity index (χ3v) is 7.70. The van der Waals surface area contributed by atoms with Gasteiger partial charge in [-0.15, -0.1) is 0 Å². The quantitative estimate of drug-likeness (QED) is 0.249. The van der Waals surface area contributed by atoms with Gasteiger partial charge in [-0.3, -0.25) is 0 Å². The van der Waals surface area contributed by atoms with Crippen LogP contribution in [0.2, 0.25) is 0 Å². The number of nitriles is 1. The van der Waals surface area contributed by atoms with E-state index in [0.29, 0.717) is 36.3 Å². The number of nitrogens with zero attached hydrogens (tertiary/aromatic N) is 4.